The molecule has 6 heteroatoms. The number of hydrogen-bond donors (Lipinski definition) is 0. The van der Waals surface area contributed by atoms with Crippen molar-refractivity contribution >= 4 is 5.97 Å². The smallest absolute Gasteiger partial charge is 0.360 e. The lowest BCUT2D eigenvalue weighted by Gasteiger charge is -2.18. The number of nitrogens with zero attached hydrogens (tertiary/aromatic N) is 1. The third-order valence-electron chi connectivity index (χ3n) is 3.05. The van der Waals surface area contributed by atoms with Gasteiger partial charge in [-0.25, -0.2) is 9.78 Å². The predicted molar refractivity (Wildman–Crippen MR) is 73.6 cm³/mol. The van der Waals surface area contributed by atoms with Crippen LogP contribution in [0.5, 0.6) is 11.5 Å². The number of rotatable bonds is 3. The first-order chi connectivity index (χ1) is 10.2. The average molecular weight is 289 g/mol. The zero-order valence-electron chi connectivity index (χ0n) is 11.8. The van der Waals surface area contributed by atoms with Crippen molar-refractivity contribution in [2.75, 3.05) is 19.8 Å². The van der Waals surface area contributed by atoms with Crippen LogP contribution < -0.4 is 9.47 Å². The molecule has 1 aromatic heterocycles. The van der Waals surface area contributed by atoms with Gasteiger partial charge < -0.3 is 18.6 Å². The lowest BCUT2D eigenvalue weighted by Crippen LogP contribution is -2.15. The molecule has 0 atom stereocenters. The molecule has 1 aliphatic rings. The van der Waals surface area contributed by atoms with E-state index in [0.717, 1.165) is 5.56 Å². The largest absolute Gasteiger partial charge is 0.486 e. The summed E-state index contributed by atoms with van der Waals surface area (Å²) in [5.74, 6) is 1.64. The molecule has 1 aromatic carbocycles. The quantitative estimate of drug-likeness (QED) is 0.809. The summed E-state index contributed by atoms with van der Waals surface area (Å²) in [4.78, 5) is 16.0. The summed E-state index contributed by atoms with van der Waals surface area (Å²) in [7, 11) is 0. The summed E-state index contributed by atoms with van der Waals surface area (Å²) >= 11 is 0. The molecular weight excluding hydrogens is 274 g/mol. The predicted octanol–water partition coefficient (Wildman–Crippen LogP) is 2.60. The molecule has 0 amide bonds. The minimum absolute atomic E-state index is 0.196. The van der Waals surface area contributed by atoms with Gasteiger partial charge >= 0.3 is 5.97 Å². The van der Waals surface area contributed by atoms with Crippen LogP contribution in [0.1, 0.15) is 23.2 Å². The van der Waals surface area contributed by atoms with Gasteiger partial charge in [-0.1, -0.05) is 0 Å². The van der Waals surface area contributed by atoms with E-state index in [0.29, 0.717) is 43.0 Å². The highest BCUT2D eigenvalue weighted by atomic mass is 16.6. The Balaban J connectivity index is 1.94. The Kier molecular flexibility index (Phi) is 3.51. The molecule has 0 spiro atoms. The van der Waals surface area contributed by atoms with Gasteiger partial charge in [-0.15, -0.1) is 0 Å². The van der Waals surface area contributed by atoms with Crippen molar-refractivity contribution in [1.82, 2.24) is 4.98 Å². The zero-order chi connectivity index (χ0) is 14.8. The fourth-order valence-electron chi connectivity index (χ4n) is 2.09. The molecule has 0 aliphatic carbocycles. The number of ether oxygens (including phenoxy) is 3. The Bertz CT molecular complexity index is 677. The molecule has 2 aromatic rings. The zero-order valence-corrected chi connectivity index (χ0v) is 11.8. The molecule has 2 heterocycles. The molecule has 1 aliphatic heterocycles. The Morgan fingerprint density at radius 3 is 2.81 bits per heavy atom. The molecular formula is C15H15NO5. The summed E-state index contributed by atoms with van der Waals surface area (Å²) in [6, 6.07) is 5.40. The van der Waals surface area contributed by atoms with Gasteiger partial charge in [0.2, 0.25) is 5.89 Å². The van der Waals surface area contributed by atoms with Crippen LogP contribution in [-0.2, 0) is 4.74 Å². The number of carbonyl (C=O) groups is 1. The van der Waals surface area contributed by atoms with Gasteiger partial charge in [0.05, 0.1) is 6.61 Å². The number of aryl methyl sites for hydroxylation is 1. The first kappa shape index (κ1) is 13.5. The van der Waals surface area contributed by atoms with Gasteiger partial charge in [0, 0.05) is 5.56 Å². The van der Waals surface area contributed by atoms with E-state index in [4.69, 9.17) is 18.6 Å². The Morgan fingerprint density at radius 1 is 1.29 bits per heavy atom. The molecule has 21 heavy (non-hydrogen) atoms. The van der Waals surface area contributed by atoms with Crippen LogP contribution in [0, 0.1) is 6.92 Å². The molecule has 0 fully saturated rings. The Labute approximate surface area is 121 Å². The lowest BCUT2D eigenvalue weighted by atomic mass is 10.2. The molecule has 110 valence electrons. The van der Waals surface area contributed by atoms with Crippen LogP contribution in [0.4, 0.5) is 0 Å². The van der Waals surface area contributed by atoms with Crippen LogP contribution in [0.15, 0.2) is 22.6 Å². The second kappa shape index (κ2) is 5.47. The van der Waals surface area contributed by atoms with Crippen LogP contribution in [0.3, 0.4) is 0 Å². The topological polar surface area (TPSA) is 70.8 Å². The van der Waals surface area contributed by atoms with Crippen LogP contribution in [0.2, 0.25) is 0 Å². The SMILES string of the molecule is CCOC(=O)c1nc(-c2ccc3c(c2)OCCO3)oc1C. The summed E-state index contributed by atoms with van der Waals surface area (Å²) in [5.41, 5.74) is 0.916. The van der Waals surface area contributed by atoms with Crippen molar-refractivity contribution in [3.05, 3.63) is 29.7 Å². The van der Waals surface area contributed by atoms with Crippen molar-refractivity contribution in [1.29, 1.82) is 0 Å². The standard InChI is InChI=1S/C15H15NO5/c1-3-18-15(17)13-9(2)21-14(16-13)10-4-5-11-12(8-10)20-7-6-19-11/h4-5,8H,3,6-7H2,1-2H3. The van der Waals surface area contributed by atoms with E-state index >= 15 is 0 Å². The molecule has 0 radical (unpaired) electrons. The van der Waals surface area contributed by atoms with Crippen LogP contribution in [0.25, 0.3) is 11.5 Å². The molecule has 6 nitrogen and oxygen atoms in total. The normalized spacial score (nSPS) is 13.0. The van der Waals surface area contributed by atoms with Gasteiger partial charge in [-0.3, -0.25) is 0 Å². The van der Waals surface area contributed by atoms with Crippen molar-refractivity contribution in [3.63, 3.8) is 0 Å². The minimum Gasteiger partial charge on any atom is -0.486 e. The molecule has 0 N–H and O–H groups in total. The summed E-state index contributed by atoms with van der Waals surface area (Å²) < 4.78 is 21.5. The average Bonchev–Trinajstić information content (AvgIpc) is 2.89. The highest BCUT2D eigenvalue weighted by Gasteiger charge is 2.20. The highest BCUT2D eigenvalue weighted by Crippen LogP contribution is 2.34. The molecule has 0 saturated carbocycles. The second-order valence-corrected chi connectivity index (χ2v) is 4.50. The van der Waals surface area contributed by atoms with E-state index in [1.807, 2.05) is 6.07 Å². The van der Waals surface area contributed by atoms with Gasteiger partial charge in [-0.05, 0) is 32.0 Å². The Morgan fingerprint density at radius 2 is 2.05 bits per heavy atom. The van der Waals surface area contributed by atoms with Crippen molar-refractivity contribution in [2.45, 2.75) is 13.8 Å². The van der Waals surface area contributed by atoms with Crippen molar-refractivity contribution < 1.29 is 23.4 Å². The van der Waals surface area contributed by atoms with Crippen molar-refractivity contribution in [3.8, 4) is 23.0 Å². The lowest BCUT2D eigenvalue weighted by molar-refractivity contribution is 0.0518. The van der Waals surface area contributed by atoms with E-state index in [9.17, 15) is 4.79 Å². The number of hydrogen-bond acceptors (Lipinski definition) is 6. The molecule has 3 rings (SSSR count). The highest BCUT2D eigenvalue weighted by molar-refractivity contribution is 5.88. The van der Waals surface area contributed by atoms with Crippen LogP contribution >= 0.6 is 0 Å². The Hall–Kier alpha value is -2.50. The third kappa shape index (κ3) is 2.56. The maximum absolute atomic E-state index is 11.8. The van der Waals surface area contributed by atoms with Gasteiger partial charge in [-0.2, -0.15) is 0 Å². The maximum atomic E-state index is 11.8. The summed E-state index contributed by atoms with van der Waals surface area (Å²) in [6.45, 7) is 4.77. The first-order valence-corrected chi connectivity index (χ1v) is 6.73. The number of fused-ring (bicyclic) bond motifs is 1. The fourth-order valence-corrected chi connectivity index (χ4v) is 2.09. The second-order valence-electron chi connectivity index (χ2n) is 4.50. The van der Waals surface area contributed by atoms with E-state index in [-0.39, 0.29) is 5.69 Å². The van der Waals surface area contributed by atoms with Gasteiger partial charge in [0.25, 0.3) is 0 Å². The number of oxazole rings is 1. The van der Waals surface area contributed by atoms with Crippen LogP contribution in [-0.4, -0.2) is 30.8 Å². The fraction of sp³-hybridized carbons (Fsp3) is 0.333. The van der Waals surface area contributed by atoms with Gasteiger partial charge in [0.1, 0.15) is 19.0 Å². The summed E-state index contributed by atoms with van der Waals surface area (Å²) in [6.07, 6.45) is 0. The summed E-state index contributed by atoms with van der Waals surface area (Å²) in [5, 5.41) is 0. The van der Waals surface area contributed by atoms with E-state index in [2.05, 4.69) is 4.98 Å². The first-order valence-electron chi connectivity index (χ1n) is 6.73. The number of benzene rings is 1. The third-order valence-corrected chi connectivity index (χ3v) is 3.05. The maximum Gasteiger partial charge on any atom is 0.360 e. The van der Waals surface area contributed by atoms with E-state index in [1.54, 1.807) is 26.0 Å². The number of carbonyl (C=O) groups excluding carboxylic acids is 1. The molecule has 0 bridgehead atoms. The minimum atomic E-state index is -0.484. The number of aromatic nitrogens is 1. The van der Waals surface area contributed by atoms with E-state index < -0.39 is 5.97 Å². The monoisotopic (exact) mass is 289 g/mol. The van der Waals surface area contributed by atoms with E-state index in [1.165, 1.54) is 0 Å². The van der Waals surface area contributed by atoms with Crippen molar-refractivity contribution in [2.24, 2.45) is 0 Å². The van der Waals surface area contributed by atoms with Gasteiger partial charge in [0.15, 0.2) is 17.2 Å². The molecule has 0 unspecified atom stereocenters. The molecule has 0 saturated heterocycles. The number of esters is 1.